The lowest BCUT2D eigenvalue weighted by molar-refractivity contribution is 0.164. The molecule has 1 atom stereocenters. The first-order valence-electron chi connectivity index (χ1n) is 7.80. The lowest BCUT2D eigenvalue weighted by Gasteiger charge is -2.33. The fraction of sp³-hybridized carbons (Fsp3) is 0.471. The van der Waals surface area contributed by atoms with Crippen molar-refractivity contribution in [2.75, 3.05) is 13.1 Å². The number of piperidine rings is 1. The molecule has 1 aromatic carbocycles. The summed E-state index contributed by atoms with van der Waals surface area (Å²) in [6.45, 7) is 4.93. The zero-order valence-corrected chi connectivity index (χ0v) is 14.1. The van der Waals surface area contributed by atoms with Crippen LogP contribution in [0.1, 0.15) is 25.5 Å². The number of hydrogen-bond donors (Lipinski definition) is 1. The van der Waals surface area contributed by atoms with Crippen LogP contribution < -0.4 is 5.73 Å². The van der Waals surface area contributed by atoms with Gasteiger partial charge in [-0.05, 0) is 57.0 Å². The molecule has 1 saturated heterocycles. The maximum atomic E-state index is 13.2. The van der Waals surface area contributed by atoms with Crippen LogP contribution in [0.4, 0.5) is 4.39 Å². The molecule has 23 heavy (non-hydrogen) atoms. The highest BCUT2D eigenvalue weighted by molar-refractivity contribution is 5.85. The van der Waals surface area contributed by atoms with Gasteiger partial charge in [0.25, 0.3) is 0 Å². The first-order chi connectivity index (χ1) is 10.6. The maximum Gasteiger partial charge on any atom is 0.226 e. The Bertz CT molecular complexity index is 624. The first-order valence-corrected chi connectivity index (χ1v) is 7.80. The van der Waals surface area contributed by atoms with E-state index >= 15 is 0 Å². The molecule has 0 bridgehead atoms. The van der Waals surface area contributed by atoms with Gasteiger partial charge < -0.3 is 10.2 Å². The van der Waals surface area contributed by atoms with Gasteiger partial charge >= 0.3 is 0 Å². The highest BCUT2D eigenvalue weighted by Crippen LogP contribution is 2.23. The van der Waals surface area contributed by atoms with E-state index in [1.807, 2.05) is 0 Å². The van der Waals surface area contributed by atoms with Crippen LogP contribution in [0.3, 0.4) is 0 Å². The van der Waals surface area contributed by atoms with Crippen LogP contribution in [0, 0.1) is 11.7 Å². The topological polar surface area (TPSA) is 55.3 Å². The van der Waals surface area contributed by atoms with E-state index in [-0.39, 0.29) is 24.3 Å². The summed E-state index contributed by atoms with van der Waals surface area (Å²) in [6.07, 6.45) is 3.93. The van der Waals surface area contributed by atoms with Gasteiger partial charge in [0.05, 0.1) is 5.69 Å². The van der Waals surface area contributed by atoms with Crippen LogP contribution in [-0.4, -0.2) is 29.0 Å². The van der Waals surface area contributed by atoms with E-state index in [0.29, 0.717) is 17.4 Å². The molecule has 4 nitrogen and oxygen atoms in total. The van der Waals surface area contributed by atoms with Crippen LogP contribution in [0.2, 0.25) is 0 Å². The third-order valence-corrected chi connectivity index (χ3v) is 4.38. The van der Waals surface area contributed by atoms with Crippen molar-refractivity contribution in [3.05, 3.63) is 42.0 Å². The lowest BCUT2D eigenvalue weighted by Crippen LogP contribution is -2.39. The van der Waals surface area contributed by atoms with E-state index in [9.17, 15) is 4.39 Å². The molecule has 3 rings (SSSR count). The van der Waals surface area contributed by atoms with Crippen molar-refractivity contribution in [3.63, 3.8) is 0 Å². The number of aromatic nitrogens is 1. The normalized spacial score (nSPS) is 17.7. The van der Waals surface area contributed by atoms with Gasteiger partial charge in [0, 0.05) is 18.2 Å². The zero-order chi connectivity index (χ0) is 15.5. The number of oxazole rings is 1. The first kappa shape index (κ1) is 17.9. The van der Waals surface area contributed by atoms with Gasteiger partial charge in [0.1, 0.15) is 12.1 Å². The molecule has 1 unspecified atom stereocenters. The lowest BCUT2D eigenvalue weighted by atomic mass is 9.91. The SMILES string of the molecule is CC(N)C1CCN(Cc2coc(-c3cccc(F)c3)n2)CC1.Cl. The number of likely N-dealkylation sites (tertiary alicyclic amines) is 1. The third kappa shape index (κ3) is 4.53. The van der Waals surface area contributed by atoms with Gasteiger partial charge in [0.15, 0.2) is 0 Å². The average molecular weight is 340 g/mol. The highest BCUT2D eigenvalue weighted by Gasteiger charge is 2.22. The van der Waals surface area contributed by atoms with Crippen LogP contribution in [0.5, 0.6) is 0 Å². The van der Waals surface area contributed by atoms with Gasteiger partial charge in [0.2, 0.25) is 5.89 Å². The van der Waals surface area contributed by atoms with E-state index in [0.717, 1.165) is 38.2 Å². The molecule has 0 spiro atoms. The molecule has 2 N–H and O–H groups in total. The minimum atomic E-state index is -0.282. The number of hydrogen-bond acceptors (Lipinski definition) is 4. The molecule has 1 fully saturated rings. The van der Waals surface area contributed by atoms with Gasteiger partial charge in [-0.2, -0.15) is 0 Å². The van der Waals surface area contributed by atoms with Crippen molar-refractivity contribution in [3.8, 4) is 11.5 Å². The molecule has 126 valence electrons. The summed E-state index contributed by atoms with van der Waals surface area (Å²) in [5, 5.41) is 0. The smallest absolute Gasteiger partial charge is 0.226 e. The van der Waals surface area contributed by atoms with Gasteiger partial charge in [-0.15, -0.1) is 12.4 Å². The van der Waals surface area contributed by atoms with Crippen LogP contribution in [-0.2, 0) is 6.54 Å². The minimum Gasteiger partial charge on any atom is -0.444 e. The molecule has 2 heterocycles. The number of halogens is 2. The standard InChI is InChI=1S/C17H22FN3O.ClH/c1-12(19)13-5-7-21(8-6-13)10-16-11-22-17(20-16)14-3-2-4-15(18)9-14;/h2-4,9,11-13H,5-8,10,19H2,1H3;1H. The Labute approximate surface area is 142 Å². The monoisotopic (exact) mass is 339 g/mol. The molecule has 1 aliphatic rings. The Morgan fingerprint density at radius 1 is 1.39 bits per heavy atom. The minimum absolute atomic E-state index is 0. The van der Waals surface area contributed by atoms with Crippen LogP contribution in [0.15, 0.2) is 34.9 Å². The Morgan fingerprint density at radius 3 is 2.78 bits per heavy atom. The number of benzene rings is 1. The predicted octanol–water partition coefficient (Wildman–Crippen LogP) is 3.46. The van der Waals surface area contributed by atoms with E-state index in [4.69, 9.17) is 10.2 Å². The Hall–Kier alpha value is -1.43. The van der Waals surface area contributed by atoms with Crippen LogP contribution in [0.25, 0.3) is 11.5 Å². The number of nitrogens with two attached hydrogens (primary N) is 1. The summed E-state index contributed by atoms with van der Waals surface area (Å²) in [5.41, 5.74) is 7.52. The fourth-order valence-corrected chi connectivity index (χ4v) is 3.00. The molecule has 2 aromatic rings. The van der Waals surface area contributed by atoms with Crippen molar-refractivity contribution in [2.24, 2.45) is 11.7 Å². The summed E-state index contributed by atoms with van der Waals surface area (Å²) in [6, 6.07) is 6.58. The molecule has 0 radical (unpaired) electrons. The Kier molecular flexibility index (Phi) is 6.16. The predicted molar refractivity (Wildman–Crippen MR) is 90.8 cm³/mol. The Balaban J connectivity index is 0.00000192. The highest BCUT2D eigenvalue weighted by atomic mass is 35.5. The molecule has 1 aromatic heterocycles. The Morgan fingerprint density at radius 2 is 2.13 bits per heavy atom. The van der Waals surface area contributed by atoms with Crippen LogP contribution >= 0.6 is 12.4 Å². The van der Waals surface area contributed by atoms with E-state index < -0.39 is 0 Å². The van der Waals surface area contributed by atoms with Gasteiger partial charge in [-0.1, -0.05) is 6.07 Å². The van der Waals surface area contributed by atoms with Gasteiger partial charge in [-0.25, -0.2) is 9.37 Å². The third-order valence-electron chi connectivity index (χ3n) is 4.38. The van der Waals surface area contributed by atoms with E-state index in [1.165, 1.54) is 12.1 Å². The summed E-state index contributed by atoms with van der Waals surface area (Å²) >= 11 is 0. The molecule has 0 saturated carbocycles. The zero-order valence-electron chi connectivity index (χ0n) is 13.2. The molecule has 1 aliphatic heterocycles. The molecule has 0 aliphatic carbocycles. The molecule has 6 heteroatoms. The number of nitrogens with zero attached hydrogens (tertiary/aromatic N) is 2. The second-order valence-corrected chi connectivity index (χ2v) is 6.13. The number of rotatable bonds is 4. The van der Waals surface area contributed by atoms with Crippen molar-refractivity contribution < 1.29 is 8.81 Å². The average Bonchev–Trinajstić information content (AvgIpc) is 2.96. The van der Waals surface area contributed by atoms with Crippen molar-refractivity contribution in [1.29, 1.82) is 0 Å². The summed E-state index contributed by atoms with van der Waals surface area (Å²) in [4.78, 5) is 6.84. The van der Waals surface area contributed by atoms with E-state index in [1.54, 1.807) is 18.4 Å². The largest absolute Gasteiger partial charge is 0.444 e. The van der Waals surface area contributed by atoms with E-state index in [2.05, 4.69) is 16.8 Å². The van der Waals surface area contributed by atoms with Gasteiger partial charge in [-0.3, -0.25) is 4.90 Å². The second-order valence-electron chi connectivity index (χ2n) is 6.13. The quantitative estimate of drug-likeness (QED) is 0.926. The molecular weight excluding hydrogens is 317 g/mol. The maximum absolute atomic E-state index is 13.2. The fourth-order valence-electron chi connectivity index (χ4n) is 3.00. The van der Waals surface area contributed by atoms with Crippen molar-refractivity contribution in [1.82, 2.24) is 9.88 Å². The summed E-state index contributed by atoms with van der Waals surface area (Å²) < 4.78 is 18.7. The summed E-state index contributed by atoms with van der Waals surface area (Å²) in [5.74, 6) is 0.812. The molecular formula is C17H23ClFN3O. The van der Waals surface area contributed by atoms with Crippen molar-refractivity contribution >= 4 is 12.4 Å². The summed E-state index contributed by atoms with van der Waals surface area (Å²) in [7, 11) is 0. The van der Waals surface area contributed by atoms with Crippen molar-refractivity contribution in [2.45, 2.75) is 32.4 Å². The second kappa shape index (κ2) is 7.90. The molecule has 0 amide bonds.